The maximum absolute atomic E-state index is 11.5. The van der Waals surface area contributed by atoms with E-state index in [1.54, 1.807) is 6.92 Å². The van der Waals surface area contributed by atoms with Crippen molar-refractivity contribution in [3.8, 4) is 0 Å². The molecule has 1 nitrogen and oxygen atoms in total. The average Bonchev–Trinajstić information content (AvgIpc) is 1.84. The predicted molar refractivity (Wildman–Crippen MR) is 40.7 cm³/mol. The van der Waals surface area contributed by atoms with Crippen molar-refractivity contribution in [1.29, 1.82) is 0 Å². The van der Waals surface area contributed by atoms with E-state index in [4.69, 9.17) is 4.74 Å². The van der Waals surface area contributed by atoms with Gasteiger partial charge in [0, 0.05) is 0 Å². The standard InChI is InChI=1S/C8H13F3O/c1-3-4-7(2)12-6-5-8(9,10)11/h5-7H,3-4H2,1-2H3/b6-5-. The predicted octanol–water partition coefficient (Wildman–Crippen LogP) is 3.27. The molecule has 0 saturated carbocycles. The molecular formula is C8H13F3O. The quantitative estimate of drug-likeness (QED) is 0.606. The minimum atomic E-state index is -4.27. The lowest BCUT2D eigenvalue weighted by molar-refractivity contribution is -0.0821. The molecule has 0 saturated heterocycles. The van der Waals surface area contributed by atoms with E-state index < -0.39 is 6.18 Å². The van der Waals surface area contributed by atoms with Gasteiger partial charge in [0.05, 0.1) is 18.4 Å². The Labute approximate surface area is 70.2 Å². The third kappa shape index (κ3) is 7.44. The Bertz CT molecular complexity index is 140. The number of rotatable bonds is 4. The SMILES string of the molecule is CCCC(C)O/C=C\C(F)(F)F. The molecule has 0 bridgehead atoms. The summed E-state index contributed by atoms with van der Waals surface area (Å²) in [6.45, 7) is 3.69. The summed E-state index contributed by atoms with van der Waals surface area (Å²) >= 11 is 0. The maximum atomic E-state index is 11.5. The van der Waals surface area contributed by atoms with E-state index in [1.165, 1.54) is 0 Å². The Morgan fingerprint density at radius 1 is 1.42 bits per heavy atom. The second-order valence-corrected chi connectivity index (χ2v) is 2.58. The zero-order valence-electron chi connectivity index (χ0n) is 7.19. The fourth-order valence-corrected chi connectivity index (χ4v) is 0.725. The van der Waals surface area contributed by atoms with Crippen LogP contribution in [0.15, 0.2) is 12.3 Å². The summed E-state index contributed by atoms with van der Waals surface area (Å²) in [4.78, 5) is 0. The third-order valence-electron chi connectivity index (χ3n) is 1.26. The van der Waals surface area contributed by atoms with E-state index >= 15 is 0 Å². The van der Waals surface area contributed by atoms with Gasteiger partial charge in [0.2, 0.25) is 0 Å². The smallest absolute Gasteiger partial charge is 0.412 e. The van der Waals surface area contributed by atoms with Gasteiger partial charge < -0.3 is 4.74 Å². The molecule has 0 amide bonds. The first-order valence-corrected chi connectivity index (χ1v) is 3.85. The van der Waals surface area contributed by atoms with Crippen LogP contribution in [0.3, 0.4) is 0 Å². The molecule has 0 aromatic heterocycles. The molecule has 0 spiro atoms. The highest BCUT2D eigenvalue weighted by molar-refractivity contribution is 4.82. The van der Waals surface area contributed by atoms with Gasteiger partial charge in [-0.3, -0.25) is 0 Å². The molecule has 0 aromatic carbocycles. The van der Waals surface area contributed by atoms with Crippen LogP contribution in [0.1, 0.15) is 26.7 Å². The first-order chi connectivity index (χ1) is 5.45. The minimum absolute atomic E-state index is 0.0964. The Morgan fingerprint density at radius 2 is 2.00 bits per heavy atom. The summed E-state index contributed by atoms with van der Waals surface area (Å²) in [6.07, 6.45) is -1.94. The largest absolute Gasteiger partial charge is 0.498 e. The summed E-state index contributed by atoms with van der Waals surface area (Å²) in [5.41, 5.74) is 0. The van der Waals surface area contributed by atoms with Gasteiger partial charge in [0.15, 0.2) is 0 Å². The zero-order valence-corrected chi connectivity index (χ0v) is 7.19. The van der Waals surface area contributed by atoms with Crippen LogP contribution in [0.25, 0.3) is 0 Å². The highest BCUT2D eigenvalue weighted by atomic mass is 19.4. The molecule has 12 heavy (non-hydrogen) atoms. The fraction of sp³-hybridized carbons (Fsp3) is 0.750. The van der Waals surface area contributed by atoms with Gasteiger partial charge in [0.25, 0.3) is 0 Å². The van der Waals surface area contributed by atoms with Crippen LogP contribution in [0, 0.1) is 0 Å². The van der Waals surface area contributed by atoms with Crippen molar-refractivity contribution in [3.63, 3.8) is 0 Å². The molecule has 0 aliphatic heterocycles. The Balaban J connectivity index is 3.60. The second kappa shape index (κ2) is 5.06. The summed E-state index contributed by atoms with van der Waals surface area (Å²) in [7, 11) is 0. The molecule has 1 unspecified atom stereocenters. The van der Waals surface area contributed by atoms with Gasteiger partial charge in [-0.05, 0) is 13.3 Å². The van der Waals surface area contributed by atoms with Gasteiger partial charge in [-0.1, -0.05) is 13.3 Å². The highest BCUT2D eigenvalue weighted by Gasteiger charge is 2.22. The maximum Gasteiger partial charge on any atom is 0.412 e. The number of hydrogen-bond acceptors (Lipinski definition) is 1. The Hall–Kier alpha value is -0.670. The van der Waals surface area contributed by atoms with E-state index in [-0.39, 0.29) is 12.2 Å². The molecule has 0 fully saturated rings. The molecule has 0 N–H and O–H groups in total. The van der Waals surface area contributed by atoms with Crippen LogP contribution in [0.2, 0.25) is 0 Å². The molecule has 1 atom stereocenters. The molecule has 0 aliphatic carbocycles. The number of ether oxygens (including phenoxy) is 1. The molecular weight excluding hydrogens is 169 g/mol. The van der Waals surface area contributed by atoms with Crippen molar-refractivity contribution in [3.05, 3.63) is 12.3 Å². The lowest BCUT2D eigenvalue weighted by Crippen LogP contribution is -2.05. The monoisotopic (exact) mass is 182 g/mol. The molecule has 72 valence electrons. The summed E-state index contributed by atoms with van der Waals surface area (Å²) in [5.74, 6) is 0. The summed E-state index contributed by atoms with van der Waals surface area (Å²) in [6, 6.07) is 0. The van der Waals surface area contributed by atoms with Crippen LogP contribution in [-0.4, -0.2) is 12.3 Å². The van der Waals surface area contributed by atoms with E-state index in [0.29, 0.717) is 6.26 Å². The average molecular weight is 182 g/mol. The molecule has 0 rings (SSSR count). The minimum Gasteiger partial charge on any atom is -0.498 e. The van der Waals surface area contributed by atoms with Crippen molar-refractivity contribution in [2.75, 3.05) is 0 Å². The van der Waals surface area contributed by atoms with Crippen molar-refractivity contribution in [2.24, 2.45) is 0 Å². The number of halogens is 3. The van der Waals surface area contributed by atoms with Gasteiger partial charge in [-0.15, -0.1) is 0 Å². The van der Waals surface area contributed by atoms with Crippen LogP contribution >= 0.6 is 0 Å². The summed E-state index contributed by atoms with van der Waals surface area (Å²) in [5, 5.41) is 0. The van der Waals surface area contributed by atoms with E-state index in [9.17, 15) is 13.2 Å². The molecule has 0 aliphatic rings. The topological polar surface area (TPSA) is 9.23 Å². The van der Waals surface area contributed by atoms with E-state index in [1.807, 2.05) is 6.92 Å². The van der Waals surface area contributed by atoms with Crippen molar-refractivity contribution >= 4 is 0 Å². The van der Waals surface area contributed by atoms with Crippen molar-refractivity contribution < 1.29 is 17.9 Å². The molecule has 0 radical (unpaired) electrons. The molecule has 0 aromatic rings. The Kier molecular flexibility index (Phi) is 4.78. The van der Waals surface area contributed by atoms with Crippen molar-refractivity contribution in [1.82, 2.24) is 0 Å². The first-order valence-electron chi connectivity index (χ1n) is 3.85. The van der Waals surface area contributed by atoms with Gasteiger partial charge in [-0.2, -0.15) is 13.2 Å². The fourth-order valence-electron chi connectivity index (χ4n) is 0.725. The van der Waals surface area contributed by atoms with Gasteiger partial charge >= 0.3 is 6.18 Å². The van der Waals surface area contributed by atoms with Crippen LogP contribution in [0.4, 0.5) is 13.2 Å². The van der Waals surface area contributed by atoms with Crippen molar-refractivity contribution in [2.45, 2.75) is 39.0 Å². The Morgan fingerprint density at radius 3 is 2.42 bits per heavy atom. The third-order valence-corrected chi connectivity index (χ3v) is 1.26. The number of hydrogen-bond donors (Lipinski definition) is 0. The highest BCUT2D eigenvalue weighted by Crippen LogP contribution is 2.16. The van der Waals surface area contributed by atoms with Gasteiger partial charge in [0.1, 0.15) is 0 Å². The normalized spacial score (nSPS) is 15.1. The van der Waals surface area contributed by atoms with Crippen LogP contribution in [-0.2, 0) is 4.74 Å². The van der Waals surface area contributed by atoms with E-state index in [0.717, 1.165) is 12.8 Å². The van der Waals surface area contributed by atoms with E-state index in [2.05, 4.69) is 0 Å². The lowest BCUT2D eigenvalue weighted by Gasteiger charge is -2.09. The molecule has 0 heterocycles. The second-order valence-electron chi connectivity index (χ2n) is 2.58. The lowest BCUT2D eigenvalue weighted by atomic mass is 10.2. The first kappa shape index (κ1) is 11.3. The van der Waals surface area contributed by atoms with Crippen LogP contribution in [0.5, 0.6) is 0 Å². The zero-order chi connectivity index (χ0) is 9.61. The summed E-state index contributed by atoms with van der Waals surface area (Å²) < 4.78 is 39.3. The van der Waals surface area contributed by atoms with Crippen LogP contribution < -0.4 is 0 Å². The number of alkyl halides is 3. The molecule has 4 heteroatoms. The number of allylic oxidation sites excluding steroid dienone is 1. The van der Waals surface area contributed by atoms with Gasteiger partial charge in [-0.25, -0.2) is 0 Å².